The number of rotatable bonds is 3. The summed E-state index contributed by atoms with van der Waals surface area (Å²) in [6, 6.07) is 7.51. The molecule has 1 aromatic carbocycles. The predicted molar refractivity (Wildman–Crippen MR) is 92.0 cm³/mol. The Hall–Kier alpha value is -2.70. The number of aryl methyl sites for hydroxylation is 2. The standard InChI is InChI=1S/C18H22N4O3/c1-3-13-7-4-5-9-15(13)20-16(23)18(24)22-10-6-8-14(11-22)17-19-12(2)21-25-17/h4-5,7,9,14H,3,6,8,10-11H2,1-2H3,(H,20,23). The number of likely N-dealkylation sites (tertiary alicyclic amines) is 1. The van der Waals surface area contributed by atoms with Gasteiger partial charge in [-0.15, -0.1) is 0 Å². The SMILES string of the molecule is CCc1ccccc1NC(=O)C(=O)N1CCCC(c2nc(C)no2)C1. The van der Waals surface area contributed by atoms with Crippen LogP contribution in [0.4, 0.5) is 5.69 Å². The first-order valence-corrected chi connectivity index (χ1v) is 8.57. The van der Waals surface area contributed by atoms with Crippen molar-refractivity contribution in [3.63, 3.8) is 0 Å². The molecule has 0 spiro atoms. The molecule has 1 saturated heterocycles. The Kier molecular flexibility index (Phi) is 5.11. The lowest BCUT2D eigenvalue weighted by molar-refractivity contribution is -0.144. The fourth-order valence-corrected chi connectivity index (χ4v) is 3.11. The molecule has 7 nitrogen and oxygen atoms in total. The molecule has 1 unspecified atom stereocenters. The van der Waals surface area contributed by atoms with Gasteiger partial charge in [-0.3, -0.25) is 9.59 Å². The number of nitrogens with one attached hydrogen (secondary N) is 1. The molecule has 25 heavy (non-hydrogen) atoms. The largest absolute Gasteiger partial charge is 0.339 e. The van der Waals surface area contributed by atoms with Gasteiger partial charge in [-0.1, -0.05) is 30.3 Å². The second-order valence-electron chi connectivity index (χ2n) is 6.23. The van der Waals surface area contributed by atoms with Crippen molar-refractivity contribution in [3.05, 3.63) is 41.5 Å². The first-order chi connectivity index (χ1) is 12.1. The van der Waals surface area contributed by atoms with Crippen LogP contribution >= 0.6 is 0 Å². The fraction of sp³-hybridized carbons (Fsp3) is 0.444. The molecule has 0 saturated carbocycles. The van der Waals surface area contributed by atoms with Gasteiger partial charge >= 0.3 is 11.8 Å². The molecule has 0 radical (unpaired) electrons. The van der Waals surface area contributed by atoms with E-state index in [1.54, 1.807) is 11.8 Å². The number of amides is 2. The lowest BCUT2D eigenvalue weighted by atomic mass is 9.98. The van der Waals surface area contributed by atoms with Crippen LogP contribution in [0.15, 0.2) is 28.8 Å². The molecule has 2 amide bonds. The number of carbonyl (C=O) groups is 2. The van der Waals surface area contributed by atoms with E-state index in [-0.39, 0.29) is 5.92 Å². The number of aromatic nitrogens is 2. The summed E-state index contributed by atoms with van der Waals surface area (Å²) in [5.74, 6) is -0.0381. The third-order valence-electron chi connectivity index (χ3n) is 4.44. The number of piperidine rings is 1. The van der Waals surface area contributed by atoms with E-state index in [1.165, 1.54) is 0 Å². The van der Waals surface area contributed by atoms with E-state index in [9.17, 15) is 9.59 Å². The molecule has 0 aliphatic carbocycles. The molecule has 1 atom stereocenters. The van der Waals surface area contributed by atoms with Crippen molar-refractivity contribution >= 4 is 17.5 Å². The zero-order valence-corrected chi connectivity index (χ0v) is 14.5. The average Bonchev–Trinajstić information content (AvgIpc) is 3.08. The second-order valence-corrected chi connectivity index (χ2v) is 6.23. The molecule has 1 aromatic heterocycles. The van der Waals surface area contributed by atoms with E-state index in [1.807, 2.05) is 31.2 Å². The number of hydrogen-bond donors (Lipinski definition) is 1. The molecule has 1 fully saturated rings. The van der Waals surface area contributed by atoms with E-state index in [0.29, 0.717) is 30.5 Å². The summed E-state index contributed by atoms with van der Waals surface area (Å²) >= 11 is 0. The Labute approximate surface area is 146 Å². The van der Waals surface area contributed by atoms with Gasteiger partial charge in [0.05, 0.1) is 5.92 Å². The third-order valence-corrected chi connectivity index (χ3v) is 4.44. The van der Waals surface area contributed by atoms with Crippen LogP contribution < -0.4 is 5.32 Å². The highest BCUT2D eigenvalue weighted by Gasteiger charge is 2.31. The van der Waals surface area contributed by atoms with Crippen LogP contribution in [0.3, 0.4) is 0 Å². The van der Waals surface area contributed by atoms with Gasteiger partial charge in [0, 0.05) is 18.8 Å². The molecule has 0 bridgehead atoms. The van der Waals surface area contributed by atoms with E-state index >= 15 is 0 Å². The van der Waals surface area contributed by atoms with E-state index in [0.717, 1.165) is 24.8 Å². The average molecular weight is 342 g/mol. The molecular weight excluding hydrogens is 320 g/mol. The van der Waals surface area contributed by atoms with Crippen molar-refractivity contribution in [1.29, 1.82) is 0 Å². The molecule has 2 heterocycles. The zero-order chi connectivity index (χ0) is 17.8. The third kappa shape index (κ3) is 3.87. The van der Waals surface area contributed by atoms with Crippen molar-refractivity contribution < 1.29 is 14.1 Å². The highest BCUT2D eigenvalue weighted by atomic mass is 16.5. The molecule has 2 aromatic rings. The van der Waals surface area contributed by atoms with Crippen molar-refractivity contribution in [2.45, 2.75) is 39.0 Å². The minimum Gasteiger partial charge on any atom is -0.339 e. The maximum Gasteiger partial charge on any atom is 0.313 e. The van der Waals surface area contributed by atoms with Gasteiger partial charge < -0.3 is 14.7 Å². The lowest BCUT2D eigenvalue weighted by Crippen LogP contribution is -2.44. The maximum atomic E-state index is 12.5. The number of para-hydroxylation sites is 1. The molecule has 1 N–H and O–H groups in total. The fourth-order valence-electron chi connectivity index (χ4n) is 3.11. The quantitative estimate of drug-likeness (QED) is 0.865. The minimum absolute atomic E-state index is 0.0189. The smallest absolute Gasteiger partial charge is 0.313 e. The second kappa shape index (κ2) is 7.46. The molecule has 1 aliphatic rings. The molecule has 3 rings (SSSR count). The molecule has 1 aliphatic heterocycles. The summed E-state index contributed by atoms with van der Waals surface area (Å²) in [5.41, 5.74) is 1.69. The van der Waals surface area contributed by atoms with Crippen LogP contribution in [-0.4, -0.2) is 39.9 Å². The normalized spacial score (nSPS) is 17.4. The van der Waals surface area contributed by atoms with Gasteiger partial charge in [-0.05, 0) is 37.8 Å². The Balaban J connectivity index is 1.66. The predicted octanol–water partition coefficient (Wildman–Crippen LogP) is 2.29. The van der Waals surface area contributed by atoms with Gasteiger partial charge in [-0.2, -0.15) is 4.98 Å². The number of hydrogen-bond acceptors (Lipinski definition) is 5. The lowest BCUT2D eigenvalue weighted by Gasteiger charge is -2.30. The van der Waals surface area contributed by atoms with Crippen LogP contribution in [0.5, 0.6) is 0 Å². The van der Waals surface area contributed by atoms with Gasteiger partial charge in [-0.25, -0.2) is 0 Å². The number of anilines is 1. The van der Waals surface area contributed by atoms with E-state index in [4.69, 9.17) is 4.52 Å². The summed E-state index contributed by atoms with van der Waals surface area (Å²) in [4.78, 5) is 30.7. The van der Waals surface area contributed by atoms with Crippen molar-refractivity contribution in [2.24, 2.45) is 0 Å². The van der Waals surface area contributed by atoms with Crippen LogP contribution in [0.1, 0.15) is 43.0 Å². The summed E-state index contributed by atoms with van der Waals surface area (Å²) < 4.78 is 5.22. The molecule has 132 valence electrons. The first-order valence-electron chi connectivity index (χ1n) is 8.57. The van der Waals surface area contributed by atoms with Crippen molar-refractivity contribution in [2.75, 3.05) is 18.4 Å². The van der Waals surface area contributed by atoms with Crippen molar-refractivity contribution in [3.8, 4) is 0 Å². The maximum absolute atomic E-state index is 12.5. The van der Waals surface area contributed by atoms with Gasteiger partial charge in [0.1, 0.15) is 0 Å². The van der Waals surface area contributed by atoms with Gasteiger partial charge in [0.2, 0.25) is 5.89 Å². The molecule has 7 heteroatoms. The highest BCUT2D eigenvalue weighted by molar-refractivity contribution is 6.39. The number of carbonyl (C=O) groups excluding carboxylic acids is 2. The van der Waals surface area contributed by atoms with Gasteiger partial charge in [0.15, 0.2) is 5.82 Å². The monoisotopic (exact) mass is 342 g/mol. The van der Waals surface area contributed by atoms with E-state index in [2.05, 4.69) is 15.5 Å². The summed E-state index contributed by atoms with van der Waals surface area (Å²) in [6.45, 7) is 4.75. The first kappa shape index (κ1) is 17.1. The van der Waals surface area contributed by atoms with Crippen LogP contribution in [0, 0.1) is 6.92 Å². The summed E-state index contributed by atoms with van der Waals surface area (Å²) in [6.07, 6.45) is 2.45. The van der Waals surface area contributed by atoms with Crippen LogP contribution in [0.25, 0.3) is 0 Å². The highest BCUT2D eigenvalue weighted by Crippen LogP contribution is 2.26. The Morgan fingerprint density at radius 1 is 1.36 bits per heavy atom. The Bertz CT molecular complexity index is 771. The Morgan fingerprint density at radius 2 is 2.16 bits per heavy atom. The minimum atomic E-state index is -0.608. The molecular formula is C18H22N4O3. The van der Waals surface area contributed by atoms with E-state index < -0.39 is 11.8 Å². The van der Waals surface area contributed by atoms with Crippen LogP contribution in [0.2, 0.25) is 0 Å². The Morgan fingerprint density at radius 3 is 2.88 bits per heavy atom. The topological polar surface area (TPSA) is 88.3 Å². The zero-order valence-electron chi connectivity index (χ0n) is 14.5. The number of benzene rings is 1. The van der Waals surface area contributed by atoms with Crippen LogP contribution in [-0.2, 0) is 16.0 Å². The summed E-state index contributed by atoms with van der Waals surface area (Å²) in [5, 5.41) is 6.54. The number of nitrogens with zero attached hydrogens (tertiary/aromatic N) is 3. The van der Waals surface area contributed by atoms with Gasteiger partial charge in [0.25, 0.3) is 0 Å². The summed E-state index contributed by atoms with van der Waals surface area (Å²) in [7, 11) is 0. The van der Waals surface area contributed by atoms with Crippen molar-refractivity contribution in [1.82, 2.24) is 15.0 Å².